The van der Waals surface area contributed by atoms with Crippen LogP contribution in [0.5, 0.6) is 5.75 Å². The summed E-state index contributed by atoms with van der Waals surface area (Å²) in [6, 6.07) is 5.12. The molecule has 0 heterocycles. The molecule has 0 aliphatic rings. The molecule has 1 N–H and O–H groups in total. The van der Waals surface area contributed by atoms with Gasteiger partial charge in [0.15, 0.2) is 0 Å². The molecule has 0 bridgehead atoms. The molecule has 1 amide bonds. The van der Waals surface area contributed by atoms with Crippen molar-refractivity contribution in [3.63, 3.8) is 0 Å². The SMILES string of the molecule is COCCONC(=O)c1ccc(Br)cc1OC. The van der Waals surface area contributed by atoms with Crippen molar-refractivity contribution in [3.05, 3.63) is 28.2 Å². The molecule has 17 heavy (non-hydrogen) atoms. The van der Waals surface area contributed by atoms with E-state index in [-0.39, 0.29) is 5.91 Å². The molecule has 0 aliphatic carbocycles. The molecule has 1 aromatic carbocycles. The number of carbonyl (C=O) groups is 1. The van der Waals surface area contributed by atoms with Gasteiger partial charge in [-0.2, -0.15) is 0 Å². The molecule has 0 saturated heterocycles. The Bertz CT molecular complexity index is 384. The maximum absolute atomic E-state index is 11.7. The Kier molecular flexibility index (Phi) is 5.96. The van der Waals surface area contributed by atoms with Gasteiger partial charge in [0.2, 0.25) is 0 Å². The van der Waals surface area contributed by atoms with E-state index in [0.29, 0.717) is 24.5 Å². The molecular formula is C11H14BrNO4. The minimum Gasteiger partial charge on any atom is -0.496 e. The van der Waals surface area contributed by atoms with Crippen LogP contribution in [0.1, 0.15) is 10.4 Å². The highest BCUT2D eigenvalue weighted by Crippen LogP contribution is 2.23. The maximum Gasteiger partial charge on any atom is 0.278 e. The number of halogens is 1. The third-order valence-corrected chi connectivity index (χ3v) is 2.46. The molecule has 0 aliphatic heterocycles. The fraction of sp³-hybridized carbons (Fsp3) is 0.364. The van der Waals surface area contributed by atoms with Crippen molar-refractivity contribution in [3.8, 4) is 5.75 Å². The van der Waals surface area contributed by atoms with Crippen molar-refractivity contribution in [2.75, 3.05) is 27.4 Å². The van der Waals surface area contributed by atoms with Crippen LogP contribution in [0, 0.1) is 0 Å². The second-order valence-corrected chi connectivity index (χ2v) is 4.03. The van der Waals surface area contributed by atoms with Gasteiger partial charge in [0.1, 0.15) is 5.75 Å². The number of methoxy groups -OCH3 is 2. The average Bonchev–Trinajstić information content (AvgIpc) is 2.34. The minimum absolute atomic E-state index is 0.293. The highest BCUT2D eigenvalue weighted by molar-refractivity contribution is 9.10. The summed E-state index contributed by atoms with van der Waals surface area (Å²) in [5.41, 5.74) is 2.72. The topological polar surface area (TPSA) is 56.8 Å². The Morgan fingerprint density at radius 1 is 1.35 bits per heavy atom. The highest BCUT2D eigenvalue weighted by Gasteiger charge is 2.12. The summed E-state index contributed by atoms with van der Waals surface area (Å²) in [5, 5.41) is 0. The van der Waals surface area contributed by atoms with E-state index in [1.807, 2.05) is 0 Å². The van der Waals surface area contributed by atoms with Crippen LogP contribution in [0.4, 0.5) is 0 Å². The van der Waals surface area contributed by atoms with Crippen molar-refractivity contribution in [2.24, 2.45) is 0 Å². The van der Waals surface area contributed by atoms with Crippen LogP contribution < -0.4 is 10.2 Å². The molecule has 0 aromatic heterocycles. The van der Waals surface area contributed by atoms with Crippen molar-refractivity contribution < 1.29 is 19.1 Å². The Morgan fingerprint density at radius 2 is 2.12 bits per heavy atom. The molecule has 0 spiro atoms. The molecule has 5 nitrogen and oxygen atoms in total. The molecule has 0 radical (unpaired) electrons. The molecular weight excluding hydrogens is 290 g/mol. The van der Waals surface area contributed by atoms with E-state index in [1.54, 1.807) is 25.3 Å². The largest absolute Gasteiger partial charge is 0.496 e. The summed E-state index contributed by atoms with van der Waals surface area (Å²) in [5.74, 6) is 0.123. The highest BCUT2D eigenvalue weighted by atomic mass is 79.9. The van der Waals surface area contributed by atoms with Crippen LogP contribution in [-0.4, -0.2) is 33.3 Å². The normalized spacial score (nSPS) is 10.1. The Hall–Kier alpha value is -1.11. The number of carbonyl (C=O) groups excluding carboxylic acids is 1. The molecule has 0 fully saturated rings. The first-order valence-corrected chi connectivity index (χ1v) is 5.73. The summed E-state index contributed by atoms with van der Waals surface area (Å²) in [7, 11) is 3.06. The van der Waals surface area contributed by atoms with E-state index in [2.05, 4.69) is 21.4 Å². The first-order valence-electron chi connectivity index (χ1n) is 4.93. The van der Waals surface area contributed by atoms with Gasteiger partial charge in [-0.25, -0.2) is 5.48 Å². The monoisotopic (exact) mass is 303 g/mol. The molecule has 94 valence electrons. The third kappa shape index (κ3) is 4.33. The zero-order valence-electron chi connectivity index (χ0n) is 9.66. The molecule has 6 heteroatoms. The summed E-state index contributed by atoms with van der Waals surface area (Å²) in [4.78, 5) is 16.7. The van der Waals surface area contributed by atoms with E-state index in [0.717, 1.165) is 4.47 Å². The van der Waals surface area contributed by atoms with Gasteiger partial charge in [-0.1, -0.05) is 15.9 Å². The van der Waals surface area contributed by atoms with E-state index >= 15 is 0 Å². The van der Waals surface area contributed by atoms with Gasteiger partial charge in [-0.3, -0.25) is 9.63 Å². The average molecular weight is 304 g/mol. The summed E-state index contributed by atoms with van der Waals surface area (Å²) in [6.07, 6.45) is 0. The first-order chi connectivity index (χ1) is 8.19. The fourth-order valence-corrected chi connectivity index (χ4v) is 1.49. The lowest BCUT2D eigenvalue weighted by atomic mass is 10.2. The molecule has 0 saturated carbocycles. The predicted molar refractivity (Wildman–Crippen MR) is 66.0 cm³/mol. The van der Waals surface area contributed by atoms with Gasteiger partial charge in [0.25, 0.3) is 5.91 Å². The van der Waals surface area contributed by atoms with Crippen molar-refractivity contribution >= 4 is 21.8 Å². The third-order valence-electron chi connectivity index (χ3n) is 1.96. The second kappa shape index (κ2) is 7.26. The van der Waals surface area contributed by atoms with Crippen LogP contribution in [0.15, 0.2) is 22.7 Å². The molecule has 1 aromatic rings. The van der Waals surface area contributed by atoms with Gasteiger partial charge in [-0.05, 0) is 18.2 Å². The minimum atomic E-state index is -0.356. The number of ether oxygens (including phenoxy) is 2. The molecule has 0 atom stereocenters. The van der Waals surface area contributed by atoms with E-state index < -0.39 is 0 Å². The first kappa shape index (κ1) is 14.0. The van der Waals surface area contributed by atoms with Crippen molar-refractivity contribution in [1.29, 1.82) is 0 Å². The van der Waals surface area contributed by atoms with Crippen molar-refractivity contribution in [2.45, 2.75) is 0 Å². The molecule has 1 rings (SSSR count). The predicted octanol–water partition coefficient (Wildman–Crippen LogP) is 1.77. The van der Waals surface area contributed by atoms with Gasteiger partial charge in [0, 0.05) is 11.6 Å². The van der Waals surface area contributed by atoms with Crippen LogP contribution in [0.3, 0.4) is 0 Å². The zero-order chi connectivity index (χ0) is 12.7. The van der Waals surface area contributed by atoms with Gasteiger partial charge >= 0.3 is 0 Å². The number of hydroxylamine groups is 1. The number of hydrogen-bond donors (Lipinski definition) is 1. The lowest BCUT2D eigenvalue weighted by Gasteiger charge is -2.09. The summed E-state index contributed by atoms with van der Waals surface area (Å²) in [6.45, 7) is 0.707. The number of hydrogen-bond acceptors (Lipinski definition) is 4. The maximum atomic E-state index is 11.7. The Morgan fingerprint density at radius 3 is 2.76 bits per heavy atom. The van der Waals surface area contributed by atoms with Crippen LogP contribution >= 0.6 is 15.9 Å². The Balaban J connectivity index is 2.62. The van der Waals surface area contributed by atoms with Gasteiger partial charge < -0.3 is 9.47 Å². The van der Waals surface area contributed by atoms with Crippen LogP contribution in [-0.2, 0) is 9.57 Å². The van der Waals surface area contributed by atoms with Crippen LogP contribution in [0.25, 0.3) is 0 Å². The lowest BCUT2D eigenvalue weighted by Crippen LogP contribution is -2.25. The van der Waals surface area contributed by atoms with E-state index in [4.69, 9.17) is 14.3 Å². The lowest BCUT2D eigenvalue weighted by molar-refractivity contribution is 0.00874. The summed E-state index contributed by atoms with van der Waals surface area (Å²) < 4.78 is 10.7. The fourth-order valence-electron chi connectivity index (χ4n) is 1.15. The second-order valence-electron chi connectivity index (χ2n) is 3.12. The van der Waals surface area contributed by atoms with E-state index in [9.17, 15) is 4.79 Å². The number of benzene rings is 1. The van der Waals surface area contributed by atoms with Gasteiger partial charge in [0.05, 0.1) is 25.9 Å². The van der Waals surface area contributed by atoms with Gasteiger partial charge in [-0.15, -0.1) is 0 Å². The Labute approximate surface area is 108 Å². The standard InChI is InChI=1S/C11H14BrNO4/c1-15-5-6-17-13-11(14)9-4-3-8(12)7-10(9)16-2/h3-4,7H,5-6H2,1-2H3,(H,13,14). The zero-order valence-corrected chi connectivity index (χ0v) is 11.2. The van der Waals surface area contributed by atoms with Crippen molar-refractivity contribution in [1.82, 2.24) is 5.48 Å². The number of nitrogens with one attached hydrogen (secondary N) is 1. The van der Waals surface area contributed by atoms with Crippen LogP contribution in [0.2, 0.25) is 0 Å². The van der Waals surface area contributed by atoms with E-state index in [1.165, 1.54) is 7.11 Å². The summed E-state index contributed by atoms with van der Waals surface area (Å²) >= 11 is 3.30. The number of amides is 1. The quantitative estimate of drug-likeness (QED) is 0.643. The number of rotatable bonds is 6. The smallest absolute Gasteiger partial charge is 0.278 e. The molecule has 0 unspecified atom stereocenters.